The molecule has 3 aromatic rings. The second-order valence-corrected chi connectivity index (χ2v) is 7.83. The average Bonchev–Trinajstić information content (AvgIpc) is 2.69. The largest absolute Gasteiger partial charge is 0.349 e. The third kappa shape index (κ3) is 4.11. The zero-order valence-corrected chi connectivity index (χ0v) is 16.3. The predicted molar refractivity (Wildman–Crippen MR) is 109 cm³/mol. The zero-order valence-electron chi connectivity index (χ0n) is 14.7. The summed E-state index contributed by atoms with van der Waals surface area (Å²) in [5.41, 5.74) is 5.20. The first-order chi connectivity index (χ1) is 13.1. The van der Waals surface area contributed by atoms with Crippen molar-refractivity contribution in [3.8, 4) is 11.1 Å². The maximum atomic E-state index is 13.1. The van der Waals surface area contributed by atoms with Gasteiger partial charge in [-0.25, -0.2) is 4.39 Å². The smallest absolute Gasteiger partial charge is 0.251 e. The number of aryl methyl sites for hydroxylation is 1. The molecule has 0 aromatic heterocycles. The molecule has 3 aromatic carbocycles. The Morgan fingerprint density at radius 2 is 1.59 bits per heavy atom. The van der Waals surface area contributed by atoms with Crippen LogP contribution in [0.15, 0.2) is 71.2 Å². The van der Waals surface area contributed by atoms with Crippen LogP contribution in [-0.2, 0) is 12.8 Å². The fraction of sp³-hybridized carbons (Fsp3) is 0.174. The lowest BCUT2D eigenvalue weighted by atomic mass is 9.88. The average molecular weight is 424 g/mol. The summed E-state index contributed by atoms with van der Waals surface area (Å²) in [6.45, 7) is 0. The van der Waals surface area contributed by atoms with Crippen LogP contribution in [0.25, 0.3) is 11.1 Å². The molecule has 4 rings (SSSR count). The molecule has 0 bridgehead atoms. The van der Waals surface area contributed by atoms with Gasteiger partial charge in [-0.15, -0.1) is 0 Å². The summed E-state index contributed by atoms with van der Waals surface area (Å²) in [5, 5.41) is 3.16. The third-order valence-electron chi connectivity index (χ3n) is 5.06. The molecule has 0 aliphatic heterocycles. The molecule has 1 amide bonds. The molecule has 1 aliphatic rings. The van der Waals surface area contributed by atoms with Gasteiger partial charge in [0.1, 0.15) is 5.82 Å². The van der Waals surface area contributed by atoms with E-state index in [2.05, 4.69) is 39.4 Å². The summed E-state index contributed by atoms with van der Waals surface area (Å²) >= 11 is 3.51. The van der Waals surface area contributed by atoms with Crippen molar-refractivity contribution in [1.82, 2.24) is 5.32 Å². The van der Waals surface area contributed by atoms with Gasteiger partial charge >= 0.3 is 0 Å². The molecule has 136 valence electrons. The first-order valence-corrected chi connectivity index (χ1v) is 9.82. The summed E-state index contributed by atoms with van der Waals surface area (Å²) in [7, 11) is 0. The molecule has 1 aliphatic carbocycles. The highest BCUT2D eigenvalue weighted by atomic mass is 79.9. The van der Waals surface area contributed by atoms with Crippen LogP contribution in [0.5, 0.6) is 0 Å². The molecule has 0 radical (unpaired) electrons. The molecule has 0 saturated heterocycles. The Morgan fingerprint density at radius 1 is 0.926 bits per heavy atom. The van der Waals surface area contributed by atoms with E-state index in [0.29, 0.717) is 5.56 Å². The number of amides is 1. The van der Waals surface area contributed by atoms with Crippen molar-refractivity contribution in [2.24, 2.45) is 0 Å². The van der Waals surface area contributed by atoms with Gasteiger partial charge in [-0.05, 0) is 77.9 Å². The third-order valence-corrected chi connectivity index (χ3v) is 5.55. The Kier molecular flexibility index (Phi) is 5.08. The maximum absolute atomic E-state index is 13.1. The lowest BCUT2D eigenvalue weighted by molar-refractivity contribution is 0.0933. The van der Waals surface area contributed by atoms with Gasteiger partial charge in [0.2, 0.25) is 0 Å². The van der Waals surface area contributed by atoms with Gasteiger partial charge in [0.15, 0.2) is 0 Å². The van der Waals surface area contributed by atoms with Gasteiger partial charge < -0.3 is 5.32 Å². The number of halogens is 2. The maximum Gasteiger partial charge on any atom is 0.251 e. The fourth-order valence-electron chi connectivity index (χ4n) is 3.57. The number of benzene rings is 3. The van der Waals surface area contributed by atoms with E-state index in [1.807, 2.05) is 24.3 Å². The quantitative estimate of drug-likeness (QED) is 0.588. The van der Waals surface area contributed by atoms with E-state index in [1.165, 1.54) is 23.3 Å². The van der Waals surface area contributed by atoms with Crippen molar-refractivity contribution in [1.29, 1.82) is 0 Å². The van der Waals surface area contributed by atoms with E-state index in [0.717, 1.165) is 34.9 Å². The van der Waals surface area contributed by atoms with Gasteiger partial charge in [0.05, 0.1) is 0 Å². The van der Waals surface area contributed by atoms with Crippen LogP contribution in [-0.4, -0.2) is 11.9 Å². The topological polar surface area (TPSA) is 29.1 Å². The Bertz CT molecular complexity index is 967. The predicted octanol–water partition coefficient (Wildman–Crippen LogP) is 5.54. The molecule has 0 heterocycles. The molecule has 0 saturated carbocycles. The van der Waals surface area contributed by atoms with Gasteiger partial charge in [-0.3, -0.25) is 4.79 Å². The standard InChI is InChI=1S/C23H19BrFNO/c24-20-9-5-19-14-22(12-8-18(19)13-20)26-23(27)17-3-1-15(2-4-17)16-6-10-21(25)11-7-16/h1-7,9-11,13,22H,8,12,14H2,(H,26,27). The summed E-state index contributed by atoms with van der Waals surface area (Å²) in [4.78, 5) is 12.6. The van der Waals surface area contributed by atoms with Gasteiger partial charge in [-0.1, -0.05) is 46.3 Å². The normalized spacial score (nSPS) is 15.9. The highest BCUT2D eigenvalue weighted by Crippen LogP contribution is 2.25. The van der Waals surface area contributed by atoms with Crippen molar-refractivity contribution in [2.75, 3.05) is 0 Å². The van der Waals surface area contributed by atoms with E-state index < -0.39 is 0 Å². The Hall–Kier alpha value is -2.46. The van der Waals surface area contributed by atoms with Crippen molar-refractivity contribution < 1.29 is 9.18 Å². The number of hydrogen-bond donors (Lipinski definition) is 1. The minimum atomic E-state index is -0.254. The van der Waals surface area contributed by atoms with Gasteiger partial charge in [0.25, 0.3) is 5.91 Å². The number of rotatable bonds is 3. The summed E-state index contributed by atoms with van der Waals surface area (Å²) in [6.07, 6.45) is 2.79. The fourth-order valence-corrected chi connectivity index (χ4v) is 3.98. The highest BCUT2D eigenvalue weighted by Gasteiger charge is 2.20. The van der Waals surface area contributed by atoms with Gasteiger partial charge in [-0.2, -0.15) is 0 Å². The van der Waals surface area contributed by atoms with Crippen molar-refractivity contribution >= 4 is 21.8 Å². The van der Waals surface area contributed by atoms with E-state index in [9.17, 15) is 9.18 Å². The number of hydrogen-bond acceptors (Lipinski definition) is 1. The summed E-state index contributed by atoms with van der Waals surface area (Å²) < 4.78 is 14.2. The molecule has 27 heavy (non-hydrogen) atoms. The highest BCUT2D eigenvalue weighted by molar-refractivity contribution is 9.10. The molecule has 0 fully saturated rings. The Labute approximate surface area is 166 Å². The summed E-state index contributed by atoms with van der Waals surface area (Å²) in [6, 6.07) is 20.3. The minimum absolute atomic E-state index is 0.0498. The van der Waals surface area contributed by atoms with Gasteiger partial charge in [0, 0.05) is 16.1 Å². The van der Waals surface area contributed by atoms with Crippen molar-refractivity contribution in [3.05, 3.63) is 93.7 Å². The van der Waals surface area contributed by atoms with Crippen LogP contribution in [0, 0.1) is 5.82 Å². The molecule has 2 nitrogen and oxygen atoms in total. The minimum Gasteiger partial charge on any atom is -0.349 e. The molecule has 0 spiro atoms. The molecule has 1 atom stereocenters. The SMILES string of the molecule is O=C(NC1CCc2cc(Br)ccc2C1)c1ccc(-c2ccc(F)cc2)cc1. The van der Waals surface area contributed by atoms with Crippen molar-refractivity contribution in [3.63, 3.8) is 0 Å². The first kappa shape index (κ1) is 17.9. The monoisotopic (exact) mass is 423 g/mol. The van der Waals surface area contributed by atoms with Crippen LogP contribution in [0.4, 0.5) is 4.39 Å². The first-order valence-electron chi connectivity index (χ1n) is 9.03. The number of nitrogens with one attached hydrogen (secondary N) is 1. The molecule has 1 N–H and O–H groups in total. The Morgan fingerprint density at radius 3 is 2.30 bits per heavy atom. The molecule has 4 heteroatoms. The number of carbonyl (C=O) groups excluding carboxylic acids is 1. The second kappa shape index (κ2) is 7.65. The second-order valence-electron chi connectivity index (χ2n) is 6.91. The van der Waals surface area contributed by atoms with Crippen LogP contribution in [0.1, 0.15) is 27.9 Å². The van der Waals surface area contributed by atoms with Crippen LogP contribution in [0.3, 0.4) is 0 Å². The van der Waals surface area contributed by atoms with Crippen molar-refractivity contribution in [2.45, 2.75) is 25.3 Å². The molecular formula is C23H19BrFNO. The molecular weight excluding hydrogens is 405 g/mol. The van der Waals surface area contributed by atoms with E-state index in [4.69, 9.17) is 0 Å². The van der Waals surface area contributed by atoms with Crippen LogP contribution in [0.2, 0.25) is 0 Å². The van der Waals surface area contributed by atoms with E-state index in [1.54, 1.807) is 12.1 Å². The number of carbonyl (C=O) groups is 1. The lowest BCUT2D eigenvalue weighted by Gasteiger charge is -2.25. The lowest BCUT2D eigenvalue weighted by Crippen LogP contribution is -2.38. The van der Waals surface area contributed by atoms with E-state index >= 15 is 0 Å². The van der Waals surface area contributed by atoms with Crippen LogP contribution >= 0.6 is 15.9 Å². The van der Waals surface area contributed by atoms with E-state index in [-0.39, 0.29) is 17.8 Å². The van der Waals surface area contributed by atoms with Crippen LogP contribution < -0.4 is 5.32 Å². The number of fused-ring (bicyclic) bond motifs is 1. The summed E-state index contributed by atoms with van der Waals surface area (Å²) in [5.74, 6) is -0.303. The zero-order chi connectivity index (χ0) is 18.8. The molecule has 1 unspecified atom stereocenters. The Balaban J connectivity index is 1.43.